The fraction of sp³-hybridized carbons (Fsp3) is 0.524. The number of aryl methyl sites for hydroxylation is 2. The lowest BCUT2D eigenvalue weighted by Gasteiger charge is -2.26. The molecule has 1 atom stereocenters. The van der Waals surface area contributed by atoms with Crippen LogP contribution in [-0.4, -0.2) is 22.3 Å². The molecule has 2 aliphatic rings. The Kier molecular flexibility index (Phi) is 4.70. The molecule has 1 fully saturated rings. The number of hydrogen-bond donors (Lipinski definition) is 0. The van der Waals surface area contributed by atoms with Crippen molar-refractivity contribution < 1.29 is 9.47 Å². The summed E-state index contributed by atoms with van der Waals surface area (Å²) < 4.78 is 13.6. The summed E-state index contributed by atoms with van der Waals surface area (Å²) in [7, 11) is 0. The summed E-state index contributed by atoms with van der Waals surface area (Å²) in [5.41, 5.74) is 3.90. The summed E-state index contributed by atoms with van der Waals surface area (Å²) in [5, 5.41) is 0. The van der Waals surface area contributed by atoms with Crippen LogP contribution in [0.3, 0.4) is 0 Å². The molecule has 5 nitrogen and oxygen atoms in total. The Bertz CT molecular complexity index is 830. The molecule has 1 saturated carbocycles. The maximum absolute atomic E-state index is 11.3. The van der Waals surface area contributed by atoms with E-state index in [1.54, 1.807) is 6.20 Å². The zero-order valence-corrected chi connectivity index (χ0v) is 15.5. The van der Waals surface area contributed by atoms with Gasteiger partial charge < -0.3 is 9.47 Å². The van der Waals surface area contributed by atoms with Gasteiger partial charge in [-0.2, -0.15) is 4.98 Å². The van der Waals surface area contributed by atoms with Gasteiger partial charge in [0, 0.05) is 12.3 Å². The van der Waals surface area contributed by atoms with Crippen LogP contribution in [-0.2, 0) is 6.54 Å². The molecule has 1 aromatic heterocycles. The van der Waals surface area contributed by atoms with Gasteiger partial charge in [-0.15, -0.1) is 0 Å². The largest absolute Gasteiger partial charge is 0.490 e. The van der Waals surface area contributed by atoms with E-state index < -0.39 is 0 Å². The van der Waals surface area contributed by atoms with Gasteiger partial charge in [0.05, 0.1) is 6.54 Å². The van der Waals surface area contributed by atoms with E-state index in [-0.39, 0.29) is 11.7 Å². The fourth-order valence-electron chi connectivity index (χ4n) is 4.38. The van der Waals surface area contributed by atoms with E-state index in [1.807, 2.05) is 4.57 Å². The smallest absolute Gasteiger partial charge is 0.300 e. The zero-order valence-electron chi connectivity index (χ0n) is 15.5. The monoisotopic (exact) mass is 354 g/mol. The van der Waals surface area contributed by atoms with Crippen molar-refractivity contribution in [2.24, 2.45) is 0 Å². The third-order valence-electron chi connectivity index (χ3n) is 5.54. The number of nitrogens with zero attached hydrogens (tertiary/aromatic N) is 2. The highest BCUT2D eigenvalue weighted by molar-refractivity contribution is 5.43. The number of ether oxygens (including phenoxy) is 2. The summed E-state index contributed by atoms with van der Waals surface area (Å²) >= 11 is 0. The third kappa shape index (κ3) is 3.48. The second-order valence-corrected chi connectivity index (χ2v) is 7.56. The van der Waals surface area contributed by atoms with Gasteiger partial charge in [0.1, 0.15) is 12.4 Å². The Balaban J connectivity index is 1.42. The molecule has 0 radical (unpaired) electrons. The molecule has 0 saturated heterocycles. The first kappa shape index (κ1) is 17.1. The van der Waals surface area contributed by atoms with Crippen molar-refractivity contribution in [3.63, 3.8) is 0 Å². The highest BCUT2D eigenvalue weighted by atomic mass is 16.6. The summed E-state index contributed by atoms with van der Waals surface area (Å²) in [6.07, 6.45) is 8.28. The maximum Gasteiger partial charge on any atom is 0.300 e. The predicted molar refractivity (Wildman–Crippen MR) is 100 cm³/mol. The molecule has 138 valence electrons. The molecule has 0 N–H and O–H groups in total. The van der Waals surface area contributed by atoms with Crippen LogP contribution in [0.5, 0.6) is 11.8 Å². The Morgan fingerprint density at radius 1 is 1.19 bits per heavy atom. The maximum atomic E-state index is 11.3. The van der Waals surface area contributed by atoms with E-state index in [0.29, 0.717) is 25.1 Å². The Hall–Kier alpha value is -2.30. The number of fused-ring (bicyclic) bond motifs is 1. The molecular formula is C21H26N2O3. The minimum atomic E-state index is -0.276. The lowest BCUT2D eigenvalue weighted by atomic mass is 9.80. The van der Waals surface area contributed by atoms with Gasteiger partial charge in [-0.05, 0) is 61.4 Å². The molecule has 4 rings (SSSR count). The van der Waals surface area contributed by atoms with E-state index in [4.69, 9.17) is 9.47 Å². The predicted octanol–water partition coefficient (Wildman–Crippen LogP) is 3.75. The minimum absolute atomic E-state index is 0.122. The van der Waals surface area contributed by atoms with E-state index in [2.05, 4.69) is 31.0 Å². The van der Waals surface area contributed by atoms with Crippen LogP contribution in [0.1, 0.15) is 54.7 Å². The van der Waals surface area contributed by atoms with Gasteiger partial charge in [-0.1, -0.05) is 19.3 Å². The Morgan fingerprint density at radius 3 is 2.65 bits per heavy atom. The topological polar surface area (TPSA) is 53.4 Å². The summed E-state index contributed by atoms with van der Waals surface area (Å²) in [6, 6.07) is 6.14. The normalized spacial score (nSPS) is 19.8. The number of aromatic nitrogens is 2. The highest BCUT2D eigenvalue weighted by Gasteiger charge is 2.24. The summed E-state index contributed by atoms with van der Waals surface area (Å²) in [4.78, 5) is 15.2. The SMILES string of the molecule is Cc1cc(OCC2Cn3ccc(=O)nc3O2)cc(C)c1C1CCCCC1. The first-order valence-electron chi connectivity index (χ1n) is 9.58. The van der Waals surface area contributed by atoms with Crippen molar-refractivity contribution in [1.29, 1.82) is 0 Å². The standard InChI is InChI=1S/C21H26N2O3/c1-14-10-17(11-15(2)20(14)16-6-4-3-5-7-16)25-13-18-12-23-9-8-19(24)22-21(23)26-18/h8-11,16,18H,3-7,12-13H2,1-2H3. The Labute approximate surface area is 154 Å². The van der Waals surface area contributed by atoms with Gasteiger partial charge in [0.15, 0.2) is 6.10 Å². The van der Waals surface area contributed by atoms with Crippen LogP contribution in [0.2, 0.25) is 0 Å². The molecule has 1 aliphatic heterocycles. The molecule has 2 aromatic rings. The van der Waals surface area contributed by atoms with Gasteiger partial charge in [-0.25, -0.2) is 0 Å². The average molecular weight is 354 g/mol. The van der Waals surface area contributed by atoms with Crippen molar-refractivity contribution in [1.82, 2.24) is 9.55 Å². The van der Waals surface area contributed by atoms with E-state index in [1.165, 1.54) is 54.9 Å². The van der Waals surface area contributed by atoms with Crippen molar-refractivity contribution in [2.75, 3.05) is 6.61 Å². The first-order chi connectivity index (χ1) is 12.6. The van der Waals surface area contributed by atoms with E-state index in [9.17, 15) is 4.79 Å². The van der Waals surface area contributed by atoms with Crippen molar-refractivity contribution in [2.45, 2.75) is 64.5 Å². The molecule has 1 unspecified atom stereocenters. The quantitative estimate of drug-likeness (QED) is 0.839. The Morgan fingerprint density at radius 2 is 1.92 bits per heavy atom. The number of rotatable bonds is 4. The third-order valence-corrected chi connectivity index (χ3v) is 5.54. The van der Waals surface area contributed by atoms with Gasteiger partial charge >= 0.3 is 0 Å². The molecular weight excluding hydrogens is 328 g/mol. The highest BCUT2D eigenvalue weighted by Crippen LogP contribution is 2.37. The van der Waals surface area contributed by atoms with Crippen LogP contribution in [0.25, 0.3) is 0 Å². The second-order valence-electron chi connectivity index (χ2n) is 7.56. The first-order valence-corrected chi connectivity index (χ1v) is 9.58. The van der Waals surface area contributed by atoms with Crippen molar-refractivity contribution in [3.05, 3.63) is 51.4 Å². The molecule has 2 heterocycles. The number of hydrogen-bond acceptors (Lipinski definition) is 4. The lowest BCUT2D eigenvalue weighted by molar-refractivity contribution is 0.143. The average Bonchev–Trinajstić information content (AvgIpc) is 3.02. The van der Waals surface area contributed by atoms with Crippen LogP contribution in [0.15, 0.2) is 29.2 Å². The van der Waals surface area contributed by atoms with Crippen molar-refractivity contribution in [3.8, 4) is 11.8 Å². The van der Waals surface area contributed by atoms with Crippen LogP contribution in [0.4, 0.5) is 0 Å². The van der Waals surface area contributed by atoms with Gasteiger partial charge in [0.2, 0.25) is 0 Å². The lowest BCUT2D eigenvalue weighted by Crippen LogP contribution is -2.23. The molecule has 1 aliphatic carbocycles. The zero-order chi connectivity index (χ0) is 18.1. The molecule has 0 spiro atoms. The number of benzene rings is 1. The molecule has 5 heteroatoms. The summed E-state index contributed by atoms with van der Waals surface area (Å²) in [6.45, 7) is 5.49. The van der Waals surface area contributed by atoms with Crippen LogP contribution in [0, 0.1) is 13.8 Å². The summed E-state index contributed by atoms with van der Waals surface area (Å²) in [5.74, 6) is 1.59. The molecule has 0 amide bonds. The van der Waals surface area contributed by atoms with Crippen LogP contribution >= 0.6 is 0 Å². The van der Waals surface area contributed by atoms with Crippen molar-refractivity contribution >= 4 is 0 Å². The second kappa shape index (κ2) is 7.14. The molecule has 26 heavy (non-hydrogen) atoms. The fourth-order valence-corrected chi connectivity index (χ4v) is 4.38. The molecule has 0 bridgehead atoms. The molecule has 1 aromatic carbocycles. The van der Waals surface area contributed by atoms with Crippen LogP contribution < -0.4 is 15.0 Å². The van der Waals surface area contributed by atoms with E-state index in [0.717, 1.165) is 5.75 Å². The van der Waals surface area contributed by atoms with Gasteiger partial charge in [-0.3, -0.25) is 9.36 Å². The van der Waals surface area contributed by atoms with Gasteiger partial charge in [0.25, 0.3) is 11.6 Å². The van der Waals surface area contributed by atoms with E-state index >= 15 is 0 Å². The minimum Gasteiger partial charge on any atom is -0.490 e.